The van der Waals surface area contributed by atoms with Gasteiger partial charge in [-0.3, -0.25) is 9.48 Å². The molecule has 0 spiro atoms. The van der Waals surface area contributed by atoms with E-state index < -0.39 is 5.82 Å². The number of halogens is 1. The van der Waals surface area contributed by atoms with Gasteiger partial charge in [0.05, 0.1) is 35.1 Å². The Hall–Kier alpha value is -4.15. The van der Waals surface area contributed by atoms with E-state index in [4.69, 9.17) is 4.74 Å². The van der Waals surface area contributed by atoms with E-state index in [0.29, 0.717) is 16.0 Å². The molecule has 8 nitrogen and oxygen atoms in total. The SMILES string of the molecule is CC(=O)OC1CCC(n2ncc(-c3cc(Sc4ccc(F)cc4C#N)c4c(C#N)cnn4c3)c2C)CC1. The van der Waals surface area contributed by atoms with Gasteiger partial charge in [0.1, 0.15) is 24.1 Å². The van der Waals surface area contributed by atoms with Crippen LogP contribution in [0.15, 0.2) is 52.6 Å². The van der Waals surface area contributed by atoms with Crippen molar-refractivity contribution in [1.29, 1.82) is 10.5 Å². The number of esters is 1. The lowest BCUT2D eigenvalue weighted by Gasteiger charge is -2.29. The highest BCUT2D eigenvalue weighted by Crippen LogP contribution is 2.39. The van der Waals surface area contributed by atoms with Crippen LogP contribution in [-0.2, 0) is 9.53 Å². The summed E-state index contributed by atoms with van der Waals surface area (Å²) in [5.74, 6) is -0.724. The fourth-order valence-electron chi connectivity index (χ4n) is 4.91. The van der Waals surface area contributed by atoms with Gasteiger partial charge in [-0.25, -0.2) is 8.91 Å². The zero-order chi connectivity index (χ0) is 26.1. The normalized spacial score (nSPS) is 17.3. The summed E-state index contributed by atoms with van der Waals surface area (Å²) < 4.78 is 22.8. The number of ether oxygens (including phenoxy) is 1. The number of carbonyl (C=O) groups is 1. The van der Waals surface area contributed by atoms with Gasteiger partial charge < -0.3 is 4.74 Å². The van der Waals surface area contributed by atoms with Crippen molar-refractivity contribution in [2.24, 2.45) is 0 Å². The molecule has 1 saturated carbocycles. The Labute approximate surface area is 217 Å². The average Bonchev–Trinajstić information content (AvgIpc) is 3.48. The second-order valence-corrected chi connectivity index (χ2v) is 10.1. The highest BCUT2D eigenvalue weighted by Gasteiger charge is 2.26. The first-order valence-electron chi connectivity index (χ1n) is 11.9. The summed E-state index contributed by atoms with van der Waals surface area (Å²) in [4.78, 5) is 12.6. The van der Waals surface area contributed by atoms with E-state index in [9.17, 15) is 19.7 Å². The van der Waals surface area contributed by atoms with Crippen LogP contribution in [0.4, 0.5) is 4.39 Å². The first-order valence-corrected chi connectivity index (χ1v) is 12.7. The molecular weight excluding hydrogens is 491 g/mol. The van der Waals surface area contributed by atoms with Crippen molar-refractivity contribution < 1.29 is 13.9 Å². The number of nitrogens with zero attached hydrogens (tertiary/aromatic N) is 6. The van der Waals surface area contributed by atoms with E-state index in [-0.39, 0.29) is 23.7 Å². The summed E-state index contributed by atoms with van der Waals surface area (Å²) in [5, 5.41) is 28.2. The molecule has 0 saturated heterocycles. The molecule has 0 N–H and O–H groups in total. The highest BCUT2D eigenvalue weighted by molar-refractivity contribution is 7.99. The maximum absolute atomic E-state index is 13.7. The van der Waals surface area contributed by atoms with Crippen LogP contribution in [0.25, 0.3) is 16.6 Å². The zero-order valence-electron chi connectivity index (χ0n) is 20.3. The van der Waals surface area contributed by atoms with Gasteiger partial charge in [0.2, 0.25) is 0 Å². The molecule has 1 aliphatic rings. The molecular formula is C27H23FN6O2S. The van der Waals surface area contributed by atoms with Crippen LogP contribution in [0.1, 0.15) is 55.5 Å². The fraction of sp³-hybridized carbons (Fsp3) is 0.296. The van der Waals surface area contributed by atoms with Gasteiger partial charge >= 0.3 is 5.97 Å². The largest absolute Gasteiger partial charge is 0.463 e. The Kier molecular flexibility index (Phi) is 6.68. The summed E-state index contributed by atoms with van der Waals surface area (Å²) in [7, 11) is 0. The van der Waals surface area contributed by atoms with Crippen molar-refractivity contribution in [3.05, 3.63) is 65.5 Å². The van der Waals surface area contributed by atoms with Crippen LogP contribution in [0.3, 0.4) is 0 Å². The van der Waals surface area contributed by atoms with Crippen molar-refractivity contribution in [3.8, 4) is 23.3 Å². The second kappa shape index (κ2) is 10.1. The van der Waals surface area contributed by atoms with E-state index in [2.05, 4.69) is 16.3 Å². The average molecular weight is 515 g/mol. The predicted octanol–water partition coefficient (Wildman–Crippen LogP) is 5.59. The van der Waals surface area contributed by atoms with E-state index >= 15 is 0 Å². The van der Waals surface area contributed by atoms with Crippen molar-refractivity contribution in [1.82, 2.24) is 19.4 Å². The molecule has 5 rings (SSSR count). The molecule has 3 aromatic heterocycles. The first-order chi connectivity index (χ1) is 17.9. The van der Waals surface area contributed by atoms with Crippen LogP contribution in [0.5, 0.6) is 0 Å². The molecule has 0 radical (unpaired) electrons. The van der Waals surface area contributed by atoms with Gasteiger partial charge in [-0.1, -0.05) is 11.8 Å². The van der Waals surface area contributed by atoms with Crippen LogP contribution in [-0.4, -0.2) is 31.5 Å². The molecule has 186 valence electrons. The predicted molar refractivity (Wildman–Crippen MR) is 134 cm³/mol. The highest BCUT2D eigenvalue weighted by atomic mass is 32.2. The molecule has 1 aromatic carbocycles. The lowest BCUT2D eigenvalue weighted by molar-refractivity contribution is -0.148. The van der Waals surface area contributed by atoms with Crippen LogP contribution in [0, 0.1) is 35.4 Å². The summed E-state index contributed by atoms with van der Waals surface area (Å²) >= 11 is 1.30. The molecule has 10 heteroatoms. The minimum Gasteiger partial charge on any atom is -0.463 e. The van der Waals surface area contributed by atoms with Crippen molar-refractivity contribution in [2.45, 2.75) is 61.5 Å². The lowest BCUT2D eigenvalue weighted by atomic mass is 9.92. The molecule has 1 aliphatic carbocycles. The standard InChI is InChI=1S/C27H23FN6O2S/c1-16-24(14-32-34(16)22-4-6-23(7-5-22)36-17(2)35)19-10-26(27-20(12-30)13-31-33(27)15-19)37-25-8-3-21(28)9-18(25)11-29/h3,8-10,13-15,22-23H,4-7H2,1-2H3. The molecule has 0 atom stereocenters. The van der Waals surface area contributed by atoms with Gasteiger partial charge in [-0.15, -0.1) is 0 Å². The van der Waals surface area contributed by atoms with Crippen molar-refractivity contribution >= 4 is 23.2 Å². The molecule has 0 unspecified atom stereocenters. The van der Waals surface area contributed by atoms with Crippen molar-refractivity contribution in [3.63, 3.8) is 0 Å². The minimum atomic E-state index is -0.480. The second-order valence-electron chi connectivity index (χ2n) is 9.04. The molecule has 4 aromatic rings. The number of rotatable bonds is 5. The maximum atomic E-state index is 13.7. The van der Waals surface area contributed by atoms with E-state index in [0.717, 1.165) is 47.4 Å². The third kappa shape index (κ3) is 4.81. The number of hydrogen-bond acceptors (Lipinski definition) is 7. The summed E-state index contributed by atoms with van der Waals surface area (Å²) in [6, 6.07) is 10.5. The monoisotopic (exact) mass is 514 g/mol. The number of fused-ring (bicyclic) bond motifs is 1. The molecule has 3 heterocycles. The van der Waals surface area contributed by atoms with Gasteiger partial charge in [-0.2, -0.15) is 20.7 Å². The number of pyridine rings is 1. The smallest absolute Gasteiger partial charge is 0.302 e. The third-order valence-corrected chi connectivity index (χ3v) is 7.76. The molecule has 0 bridgehead atoms. The number of hydrogen-bond donors (Lipinski definition) is 0. The number of benzene rings is 1. The Bertz CT molecular complexity index is 1590. The Balaban J connectivity index is 1.51. The maximum Gasteiger partial charge on any atom is 0.302 e. The number of aromatic nitrogens is 4. The Morgan fingerprint density at radius 2 is 1.84 bits per heavy atom. The van der Waals surface area contributed by atoms with Crippen LogP contribution in [0.2, 0.25) is 0 Å². The summed E-state index contributed by atoms with van der Waals surface area (Å²) in [6.45, 7) is 3.46. The lowest BCUT2D eigenvalue weighted by Crippen LogP contribution is -2.26. The Morgan fingerprint density at radius 1 is 1.08 bits per heavy atom. The van der Waals surface area contributed by atoms with Gasteiger partial charge in [-0.05, 0) is 56.9 Å². The van der Waals surface area contributed by atoms with Crippen molar-refractivity contribution in [2.75, 3.05) is 0 Å². The molecule has 1 fully saturated rings. The first kappa shape index (κ1) is 24.5. The van der Waals surface area contributed by atoms with Crippen LogP contribution >= 0.6 is 11.8 Å². The van der Waals surface area contributed by atoms with Gasteiger partial charge in [0.15, 0.2) is 0 Å². The van der Waals surface area contributed by atoms with E-state index in [1.807, 2.05) is 36.1 Å². The topological polar surface area (TPSA) is 109 Å². The fourth-order valence-corrected chi connectivity index (χ4v) is 5.98. The van der Waals surface area contributed by atoms with Crippen LogP contribution < -0.4 is 0 Å². The molecule has 37 heavy (non-hydrogen) atoms. The van der Waals surface area contributed by atoms with Gasteiger partial charge in [0.25, 0.3) is 0 Å². The third-order valence-electron chi connectivity index (χ3n) is 6.66. The number of nitriles is 2. The Morgan fingerprint density at radius 3 is 2.54 bits per heavy atom. The summed E-state index contributed by atoms with van der Waals surface area (Å²) in [6.07, 6.45) is 8.50. The molecule has 0 aliphatic heterocycles. The number of carbonyl (C=O) groups excluding carboxylic acids is 1. The minimum absolute atomic E-state index is 0.0370. The van der Waals surface area contributed by atoms with Gasteiger partial charge in [0, 0.05) is 39.7 Å². The van der Waals surface area contributed by atoms with E-state index in [1.54, 1.807) is 10.6 Å². The van der Waals surface area contributed by atoms with E-state index in [1.165, 1.54) is 37.0 Å². The summed E-state index contributed by atoms with van der Waals surface area (Å²) in [5.41, 5.74) is 4.04. The zero-order valence-corrected chi connectivity index (χ0v) is 21.1. The molecule has 0 amide bonds. The quantitative estimate of drug-likeness (QED) is 0.320.